The van der Waals surface area contributed by atoms with E-state index in [0.29, 0.717) is 5.76 Å². The molecule has 0 aromatic carbocycles. The van der Waals surface area contributed by atoms with E-state index in [2.05, 4.69) is 10.2 Å². The molecule has 120 valence electrons. The topological polar surface area (TPSA) is 110 Å². The molecule has 1 aliphatic rings. The molecule has 3 aromatic heterocycles. The third kappa shape index (κ3) is 2.06. The Morgan fingerprint density at radius 2 is 2.04 bits per heavy atom. The maximum Gasteiger partial charge on any atom is 0.296 e. The molecule has 8 nitrogen and oxygen atoms in total. The normalized spacial score (nSPS) is 17.8. The number of carbonyl (C=O) groups excluding carboxylic acids is 2. The summed E-state index contributed by atoms with van der Waals surface area (Å²) in [6, 6.07) is 5.30. The zero-order chi connectivity index (χ0) is 16.7. The van der Waals surface area contributed by atoms with Gasteiger partial charge >= 0.3 is 0 Å². The van der Waals surface area contributed by atoms with Gasteiger partial charge in [-0.15, -0.1) is 10.2 Å². The summed E-state index contributed by atoms with van der Waals surface area (Å²) < 4.78 is 10.5. The predicted molar refractivity (Wildman–Crippen MR) is 81.5 cm³/mol. The number of amides is 1. The summed E-state index contributed by atoms with van der Waals surface area (Å²) in [4.78, 5) is 26.4. The molecule has 0 bridgehead atoms. The highest BCUT2D eigenvalue weighted by atomic mass is 32.1. The van der Waals surface area contributed by atoms with Crippen molar-refractivity contribution in [3.8, 4) is 0 Å². The molecule has 0 spiro atoms. The van der Waals surface area contributed by atoms with Crippen LogP contribution in [-0.2, 0) is 4.79 Å². The van der Waals surface area contributed by atoms with Crippen LogP contribution in [0.2, 0.25) is 0 Å². The Kier molecular flexibility index (Phi) is 3.28. The molecule has 0 radical (unpaired) electrons. The number of furan rings is 2. The van der Waals surface area contributed by atoms with Crippen molar-refractivity contribution in [2.24, 2.45) is 0 Å². The Morgan fingerprint density at radius 3 is 2.67 bits per heavy atom. The molecular formula is C15H9N3O5S. The lowest BCUT2D eigenvalue weighted by molar-refractivity contribution is -0.117. The van der Waals surface area contributed by atoms with E-state index in [1.54, 1.807) is 18.2 Å². The quantitative estimate of drug-likeness (QED) is 0.725. The fourth-order valence-electron chi connectivity index (χ4n) is 2.56. The molecule has 0 saturated carbocycles. The Balaban J connectivity index is 1.87. The molecule has 0 saturated heterocycles. The molecule has 4 rings (SSSR count). The number of aliphatic hydroxyl groups excluding tert-OH is 1. The Labute approximate surface area is 138 Å². The minimum absolute atomic E-state index is 0.0139. The second-order valence-corrected chi connectivity index (χ2v) is 5.69. The largest absolute Gasteiger partial charge is 0.503 e. The first-order chi connectivity index (χ1) is 11.7. The van der Waals surface area contributed by atoms with Gasteiger partial charge in [0.2, 0.25) is 10.9 Å². The van der Waals surface area contributed by atoms with Gasteiger partial charge in [-0.1, -0.05) is 11.3 Å². The van der Waals surface area contributed by atoms with E-state index in [4.69, 9.17) is 8.83 Å². The zero-order valence-electron chi connectivity index (χ0n) is 11.9. The van der Waals surface area contributed by atoms with Crippen LogP contribution >= 0.6 is 11.3 Å². The average Bonchev–Trinajstić information content (AvgIpc) is 3.37. The summed E-state index contributed by atoms with van der Waals surface area (Å²) in [6.45, 7) is 0. The molecule has 1 aliphatic heterocycles. The summed E-state index contributed by atoms with van der Waals surface area (Å²) in [5.41, 5.74) is 1.32. The van der Waals surface area contributed by atoms with Crippen molar-refractivity contribution in [1.82, 2.24) is 10.2 Å². The SMILES string of the molecule is O=C(C1=C(O)C(=O)N(c2nncs2)C1c1ccco1)c1ccco1. The molecular weight excluding hydrogens is 334 g/mol. The van der Waals surface area contributed by atoms with E-state index in [9.17, 15) is 14.7 Å². The number of rotatable bonds is 4. The monoisotopic (exact) mass is 343 g/mol. The molecule has 1 atom stereocenters. The van der Waals surface area contributed by atoms with Gasteiger partial charge in [0.1, 0.15) is 17.3 Å². The minimum Gasteiger partial charge on any atom is -0.503 e. The first kappa shape index (κ1) is 14.4. The lowest BCUT2D eigenvalue weighted by Crippen LogP contribution is -2.30. The van der Waals surface area contributed by atoms with Crippen molar-refractivity contribution in [3.05, 3.63) is 65.2 Å². The van der Waals surface area contributed by atoms with Crippen molar-refractivity contribution in [2.45, 2.75) is 6.04 Å². The third-order valence-electron chi connectivity index (χ3n) is 3.57. The number of carbonyl (C=O) groups is 2. The van der Waals surface area contributed by atoms with Crippen LogP contribution in [0.1, 0.15) is 22.4 Å². The van der Waals surface area contributed by atoms with Crippen molar-refractivity contribution in [2.75, 3.05) is 4.90 Å². The summed E-state index contributed by atoms with van der Waals surface area (Å²) >= 11 is 1.11. The number of hydrogen-bond acceptors (Lipinski definition) is 8. The smallest absolute Gasteiger partial charge is 0.296 e. The first-order valence-electron chi connectivity index (χ1n) is 6.83. The van der Waals surface area contributed by atoms with Crippen LogP contribution in [0.25, 0.3) is 0 Å². The van der Waals surface area contributed by atoms with Crippen LogP contribution in [0.4, 0.5) is 5.13 Å². The number of aliphatic hydroxyl groups is 1. The van der Waals surface area contributed by atoms with E-state index in [-0.39, 0.29) is 16.5 Å². The van der Waals surface area contributed by atoms with Gasteiger partial charge in [0, 0.05) is 0 Å². The van der Waals surface area contributed by atoms with Crippen LogP contribution in [0.15, 0.2) is 62.5 Å². The Morgan fingerprint density at radius 1 is 1.25 bits per heavy atom. The lowest BCUT2D eigenvalue weighted by Gasteiger charge is -2.21. The molecule has 24 heavy (non-hydrogen) atoms. The zero-order valence-corrected chi connectivity index (χ0v) is 12.8. The average molecular weight is 343 g/mol. The van der Waals surface area contributed by atoms with E-state index < -0.39 is 23.5 Å². The van der Waals surface area contributed by atoms with Gasteiger partial charge in [-0.25, -0.2) is 0 Å². The van der Waals surface area contributed by atoms with Crippen LogP contribution in [-0.4, -0.2) is 27.0 Å². The van der Waals surface area contributed by atoms with Crippen molar-refractivity contribution in [3.63, 3.8) is 0 Å². The number of aromatic nitrogens is 2. The summed E-state index contributed by atoms with van der Waals surface area (Å²) in [5.74, 6) is -1.67. The highest BCUT2D eigenvalue weighted by Gasteiger charge is 2.47. The predicted octanol–water partition coefficient (Wildman–Crippen LogP) is 2.51. The fraction of sp³-hybridized carbons (Fsp3) is 0.0667. The van der Waals surface area contributed by atoms with Crippen molar-refractivity contribution >= 4 is 28.2 Å². The van der Waals surface area contributed by atoms with E-state index >= 15 is 0 Å². The standard InChI is InChI=1S/C15H9N3O5S/c19-12(9-4-2-6-23-9)10-11(8-3-1-5-22-8)18(14(21)13(10)20)15-17-16-7-24-15/h1-7,11,20H. The van der Waals surface area contributed by atoms with Gasteiger partial charge in [-0.05, 0) is 24.3 Å². The highest BCUT2D eigenvalue weighted by Crippen LogP contribution is 2.42. The number of Topliss-reactive ketones (excluding diaryl/α,β-unsaturated/α-hetero) is 1. The maximum absolute atomic E-state index is 12.7. The second-order valence-electron chi connectivity index (χ2n) is 4.88. The summed E-state index contributed by atoms with van der Waals surface area (Å²) in [7, 11) is 0. The van der Waals surface area contributed by atoms with Gasteiger partial charge in [0.25, 0.3) is 5.91 Å². The molecule has 9 heteroatoms. The molecule has 0 aliphatic carbocycles. The van der Waals surface area contributed by atoms with Crippen molar-refractivity contribution in [1.29, 1.82) is 0 Å². The second kappa shape index (κ2) is 5.46. The van der Waals surface area contributed by atoms with Gasteiger partial charge < -0.3 is 13.9 Å². The fourth-order valence-corrected chi connectivity index (χ4v) is 3.15. The Hall–Kier alpha value is -3.20. The van der Waals surface area contributed by atoms with Gasteiger partial charge in [0.05, 0.1) is 18.1 Å². The molecule has 1 amide bonds. The number of nitrogens with zero attached hydrogens (tertiary/aromatic N) is 3. The van der Waals surface area contributed by atoms with Crippen LogP contribution < -0.4 is 4.90 Å². The highest BCUT2D eigenvalue weighted by molar-refractivity contribution is 7.13. The van der Waals surface area contributed by atoms with Gasteiger partial charge in [-0.2, -0.15) is 0 Å². The molecule has 0 fully saturated rings. The maximum atomic E-state index is 12.7. The molecule has 1 N–H and O–H groups in total. The summed E-state index contributed by atoms with van der Waals surface area (Å²) in [6.07, 6.45) is 2.76. The number of hydrogen-bond donors (Lipinski definition) is 1. The lowest BCUT2D eigenvalue weighted by atomic mass is 10.00. The van der Waals surface area contributed by atoms with Crippen molar-refractivity contribution < 1.29 is 23.5 Å². The van der Waals surface area contributed by atoms with Crippen LogP contribution in [0.3, 0.4) is 0 Å². The van der Waals surface area contributed by atoms with Crippen LogP contribution in [0, 0.1) is 0 Å². The third-order valence-corrected chi connectivity index (χ3v) is 4.25. The van der Waals surface area contributed by atoms with Gasteiger partial charge in [0.15, 0.2) is 11.5 Å². The van der Waals surface area contributed by atoms with Gasteiger partial charge in [-0.3, -0.25) is 14.5 Å². The van der Waals surface area contributed by atoms with Crippen LogP contribution in [0.5, 0.6) is 0 Å². The molecule has 4 heterocycles. The van der Waals surface area contributed by atoms with E-state index in [1.807, 2.05) is 0 Å². The minimum atomic E-state index is -0.946. The molecule has 3 aromatic rings. The first-order valence-corrected chi connectivity index (χ1v) is 7.71. The Bertz CT molecular complexity index is 913. The number of anilines is 1. The number of ketones is 1. The van der Waals surface area contributed by atoms with E-state index in [0.717, 1.165) is 11.3 Å². The molecule has 1 unspecified atom stereocenters. The summed E-state index contributed by atoms with van der Waals surface area (Å²) in [5, 5.41) is 18.1. The van der Waals surface area contributed by atoms with E-state index in [1.165, 1.54) is 29.0 Å².